The molecule has 17 heavy (non-hydrogen) atoms. The molecule has 2 aromatic carbocycles. The number of hydrogen-bond acceptors (Lipinski definition) is 2. The first-order valence-electron chi connectivity index (χ1n) is 5.07. The molecule has 2 N–H and O–H groups in total. The number of halogens is 2. The number of hydrogen-bond donors (Lipinski definition) is 1. The Kier molecular flexibility index (Phi) is 3.23. The van der Waals surface area contributed by atoms with E-state index >= 15 is 0 Å². The molecule has 0 bridgehead atoms. The van der Waals surface area contributed by atoms with Crippen LogP contribution in [0.25, 0.3) is 0 Å². The zero-order valence-corrected chi connectivity index (χ0v) is 8.99. The van der Waals surface area contributed by atoms with Gasteiger partial charge in [-0.1, -0.05) is 6.07 Å². The first-order valence-corrected chi connectivity index (χ1v) is 5.07. The molecule has 0 radical (unpaired) electrons. The summed E-state index contributed by atoms with van der Waals surface area (Å²) >= 11 is 0. The van der Waals surface area contributed by atoms with E-state index in [4.69, 9.17) is 10.5 Å². The predicted octanol–water partition coefficient (Wildman–Crippen LogP) is 3.13. The Labute approximate surface area is 97.6 Å². The van der Waals surface area contributed by atoms with Crippen LogP contribution in [-0.2, 0) is 6.61 Å². The molecule has 4 heteroatoms. The van der Waals surface area contributed by atoms with Crippen molar-refractivity contribution in [1.82, 2.24) is 0 Å². The van der Waals surface area contributed by atoms with Crippen LogP contribution in [-0.4, -0.2) is 0 Å². The Balaban J connectivity index is 2.09. The summed E-state index contributed by atoms with van der Waals surface area (Å²) in [4.78, 5) is 0. The smallest absolute Gasteiger partial charge is 0.130 e. The van der Waals surface area contributed by atoms with Gasteiger partial charge in [-0.3, -0.25) is 0 Å². The van der Waals surface area contributed by atoms with Crippen molar-refractivity contribution >= 4 is 5.69 Å². The van der Waals surface area contributed by atoms with Crippen molar-refractivity contribution in [3.63, 3.8) is 0 Å². The maximum Gasteiger partial charge on any atom is 0.130 e. The van der Waals surface area contributed by atoms with Gasteiger partial charge in [-0.25, -0.2) is 8.78 Å². The van der Waals surface area contributed by atoms with Crippen LogP contribution in [0.5, 0.6) is 5.75 Å². The number of benzene rings is 2. The zero-order valence-electron chi connectivity index (χ0n) is 8.99. The quantitative estimate of drug-likeness (QED) is 0.829. The first kappa shape index (κ1) is 11.4. The third-order valence-corrected chi connectivity index (χ3v) is 2.26. The van der Waals surface area contributed by atoms with E-state index in [1.165, 1.54) is 0 Å². The third kappa shape index (κ3) is 2.93. The Bertz CT molecular complexity index is 529. The van der Waals surface area contributed by atoms with Crippen LogP contribution in [0.1, 0.15) is 5.56 Å². The van der Waals surface area contributed by atoms with Gasteiger partial charge >= 0.3 is 0 Å². The first-order chi connectivity index (χ1) is 8.15. The lowest BCUT2D eigenvalue weighted by Gasteiger charge is -2.07. The Hall–Kier alpha value is -2.10. The van der Waals surface area contributed by atoms with Crippen molar-refractivity contribution in [2.45, 2.75) is 6.61 Å². The second-order valence-electron chi connectivity index (χ2n) is 3.60. The SMILES string of the molecule is Nc1cccc(OCc2cc(F)ccc2F)c1. The van der Waals surface area contributed by atoms with Crippen molar-refractivity contribution in [2.75, 3.05) is 5.73 Å². The van der Waals surface area contributed by atoms with Crippen LogP contribution < -0.4 is 10.5 Å². The molecule has 2 aromatic rings. The van der Waals surface area contributed by atoms with E-state index < -0.39 is 11.6 Å². The summed E-state index contributed by atoms with van der Waals surface area (Å²) in [5.41, 5.74) is 6.30. The van der Waals surface area contributed by atoms with Gasteiger partial charge in [0, 0.05) is 17.3 Å². The maximum atomic E-state index is 13.3. The molecule has 0 atom stereocenters. The van der Waals surface area contributed by atoms with E-state index in [-0.39, 0.29) is 12.2 Å². The number of ether oxygens (including phenoxy) is 1. The van der Waals surface area contributed by atoms with Gasteiger partial charge in [0.1, 0.15) is 24.0 Å². The molecular formula is C13H11F2NO. The molecule has 0 fully saturated rings. The predicted molar refractivity (Wildman–Crippen MR) is 61.5 cm³/mol. The van der Waals surface area contributed by atoms with Gasteiger partial charge in [-0.15, -0.1) is 0 Å². The summed E-state index contributed by atoms with van der Waals surface area (Å²) in [5.74, 6) is -0.457. The summed E-state index contributed by atoms with van der Waals surface area (Å²) in [6, 6.07) is 10.0. The lowest BCUT2D eigenvalue weighted by atomic mass is 10.2. The number of nitrogens with two attached hydrogens (primary N) is 1. The molecule has 0 heterocycles. The molecular weight excluding hydrogens is 224 g/mol. The standard InChI is InChI=1S/C13H11F2NO/c14-10-4-5-13(15)9(6-10)8-17-12-3-1-2-11(16)7-12/h1-7H,8,16H2. The van der Waals surface area contributed by atoms with Gasteiger partial charge in [0.25, 0.3) is 0 Å². The minimum atomic E-state index is -0.490. The summed E-state index contributed by atoms with van der Waals surface area (Å²) in [6.45, 7) is -0.0347. The Morgan fingerprint density at radius 1 is 1.06 bits per heavy atom. The second-order valence-corrected chi connectivity index (χ2v) is 3.60. The number of anilines is 1. The lowest BCUT2D eigenvalue weighted by Crippen LogP contribution is -1.99. The van der Waals surface area contributed by atoms with E-state index in [0.29, 0.717) is 11.4 Å². The monoisotopic (exact) mass is 235 g/mol. The molecule has 0 aliphatic heterocycles. The largest absolute Gasteiger partial charge is 0.489 e. The van der Waals surface area contributed by atoms with Crippen molar-refractivity contribution < 1.29 is 13.5 Å². The van der Waals surface area contributed by atoms with E-state index in [2.05, 4.69) is 0 Å². The molecule has 0 aliphatic carbocycles. The number of rotatable bonds is 3. The van der Waals surface area contributed by atoms with Crippen LogP contribution in [0.4, 0.5) is 14.5 Å². The van der Waals surface area contributed by atoms with Crippen molar-refractivity contribution in [2.24, 2.45) is 0 Å². The van der Waals surface area contributed by atoms with E-state index in [1.54, 1.807) is 24.3 Å². The highest BCUT2D eigenvalue weighted by atomic mass is 19.1. The summed E-state index contributed by atoms with van der Waals surface area (Å²) in [6.07, 6.45) is 0. The van der Waals surface area contributed by atoms with E-state index in [1.807, 2.05) is 0 Å². The van der Waals surface area contributed by atoms with Gasteiger partial charge in [-0.2, -0.15) is 0 Å². The molecule has 2 rings (SSSR count). The molecule has 2 nitrogen and oxygen atoms in total. The molecule has 0 unspecified atom stereocenters. The van der Waals surface area contributed by atoms with E-state index in [0.717, 1.165) is 18.2 Å². The fraction of sp³-hybridized carbons (Fsp3) is 0.0769. The molecule has 0 saturated heterocycles. The lowest BCUT2D eigenvalue weighted by molar-refractivity contribution is 0.299. The Morgan fingerprint density at radius 2 is 1.88 bits per heavy atom. The van der Waals surface area contributed by atoms with Crippen LogP contribution in [0, 0.1) is 11.6 Å². The van der Waals surface area contributed by atoms with Crippen LogP contribution >= 0.6 is 0 Å². The minimum absolute atomic E-state index is 0.0347. The highest BCUT2D eigenvalue weighted by Crippen LogP contribution is 2.17. The molecule has 0 spiro atoms. The van der Waals surface area contributed by atoms with Crippen molar-refractivity contribution in [1.29, 1.82) is 0 Å². The van der Waals surface area contributed by atoms with Gasteiger partial charge < -0.3 is 10.5 Å². The van der Waals surface area contributed by atoms with Crippen LogP contribution in [0.15, 0.2) is 42.5 Å². The topological polar surface area (TPSA) is 35.2 Å². The van der Waals surface area contributed by atoms with Gasteiger partial charge in [0.2, 0.25) is 0 Å². The van der Waals surface area contributed by atoms with Gasteiger partial charge in [0.15, 0.2) is 0 Å². The van der Waals surface area contributed by atoms with Crippen molar-refractivity contribution in [3.8, 4) is 5.75 Å². The van der Waals surface area contributed by atoms with Gasteiger partial charge in [0.05, 0.1) is 0 Å². The summed E-state index contributed by atoms with van der Waals surface area (Å²) in [7, 11) is 0. The average Bonchev–Trinajstić information content (AvgIpc) is 2.30. The third-order valence-electron chi connectivity index (χ3n) is 2.26. The highest BCUT2D eigenvalue weighted by molar-refractivity contribution is 5.43. The number of nitrogen functional groups attached to an aromatic ring is 1. The van der Waals surface area contributed by atoms with Gasteiger partial charge in [-0.05, 0) is 30.3 Å². The highest BCUT2D eigenvalue weighted by Gasteiger charge is 2.04. The summed E-state index contributed by atoms with van der Waals surface area (Å²) in [5, 5.41) is 0. The Morgan fingerprint density at radius 3 is 2.65 bits per heavy atom. The zero-order chi connectivity index (χ0) is 12.3. The minimum Gasteiger partial charge on any atom is -0.489 e. The van der Waals surface area contributed by atoms with Crippen LogP contribution in [0.2, 0.25) is 0 Å². The van der Waals surface area contributed by atoms with Crippen molar-refractivity contribution in [3.05, 3.63) is 59.7 Å². The molecule has 0 amide bonds. The molecule has 0 aliphatic rings. The molecule has 0 aromatic heterocycles. The fourth-order valence-electron chi connectivity index (χ4n) is 1.42. The van der Waals surface area contributed by atoms with Crippen LogP contribution in [0.3, 0.4) is 0 Å². The normalized spacial score (nSPS) is 10.2. The summed E-state index contributed by atoms with van der Waals surface area (Å²) < 4.78 is 31.5. The molecule has 88 valence electrons. The van der Waals surface area contributed by atoms with E-state index in [9.17, 15) is 8.78 Å². The molecule has 0 saturated carbocycles. The second kappa shape index (κ2) is 4.82. The maximum absolute atomic E-state index is 13.3. The average molecular weight is 235 g/mol. The fourth-order valence-corrected chi connectivity index (χ4v) is 1.42.